The minimum absolute atomic E-state index is 0.174. The number of carbonyl (C=O) groups excluding carboxylic acids is 1. The predicted molar refractivity (Wildman–Crippen MR) is 90.0 cm³/mol. The lowest BCUT2D eigenvalue weighted by Crippen LogP contribution is -2.32. The molecule has 0 aliphatic carbocycles. The van der Waals surface area contributed by atoms with Crippen LogP contribution in [0.4, 0.5) is 5.69 Å². The number of halogens is 1. The average molecular weight is 317 g/mol. The highest BCUT2D eigenvalue weighted by Gasteiger charge is 2.13. The second kappa shape index (κ2) is 6.64. The molecule has 0 fully saturated rings. The third-order valence-electron chi connectivity index (χ3n) is 3.19. The first kappa shape index (κ1) is 16.1. The van der Waals surface area contributed by atoms with E-state index in [4.69, 9.17) is 17.3 Å². The van der Waals surface area contributed by atoms with Crippen molar-refractivity contribution in [2.24, 2.45) is 5.73 Å². The second-order valence-corrected chi connectivity index (χ2v) is 5.43. The van der Waals surface area contributed by atoms with E-state index in [0.29, 0.717) is 21.8 Å². The fraction of sp³-hybridized carbons (Fsp3) is 0.118. The van der Waals surface area contributed by atoms with Crippen molar-refractivity contribution in [1.29, 1.82) is 0 Å². The van der Waals surface area contributed by atoms with Gasteiger partial charge < -0.3 is 16.2 Å². The summed E-state index contributed by atoms with van der Waals surface area (Å²) in [6.45, 7) is 5.67. The van der Waals surface area contributed by atoms with Crippen molar-refractivity contribution in [2.45, 2.75) is 13.0 Å². The van der Waals surface area contributed by atoms with Crippen LogP contribution < -0.4 is 11.1 Å². The minimum atomic E-state index is -0.620. The van der Waals surface area contributed by atoms with Crippen molar-refractivity contribution in [2.75, 3.05) is 5.32 Å². The minimum Gasteiger partial charge on any atom is -0.508 e. The summed E-state index contributed by atoms with van der Waals surface area (Å²) in [6.07, 6.45) is 0. The lowest BCUT2D eigenvalue weighted by atomic mass is 9.98. The maximum atomic E-state index is 11.8. The van der Waals surface area contributed by atoms with E-state index in [1.165, 1.54) is 0 Å². The summed E-state index contributed by atoms with van der Waals surface area (Å²) < 4.78 is 0. The lowest BCUT2D eigenvalue weighted by Gasteiger charge is -2.15. The van der Waals surface area contributed by atoms with Crippen LogP contribution in [0.3, 0.4) is 0 Å². The molecule has 0 spiro atoms. The van der Waals surface area contributed by atoms with Gasteiger partial charge in [0.15, 0.2) is 0 Å². The maximum absolute atomic E-state index is 11.8. The molecule has 0 radical (unpaired) electrons. The number of phenols is 1. The number of phenolic OH excluding ortho intramolecular Hbond substituents is 1. The number of rotatable bonds is 4. The molecular formula is C17H17ClN2O2. The summed E-state index contributed by atoms with van der Waals surface area (Å²) in [5.41, 5.74) is 8.37. The van der Waals surface area contributed by atoms with Gasteiger partial charge >= 0.3 is 0 Å². The first-order valence-electron chi connectivity index (χ1n) is 6.73. The quantitative estimate of drug-likeness (QED) is 0.809. The van der Waals surface area contributed by atoms with Gasteiger partial charge in [-0.3, -0.25) is 4.79 Å². The maximum Gasteiger partial charge on any atom is 0.241 e. The second-order valence-electron chi connectivity index (χ2n) is 4.99. The molecule has 2 aromatic rings. The Hall–Kier alpha value is -2.30. The van der Waals surface area contributed by atoms with Crippen LogP contribution >= 0.6 is 11.6 Å². The largest absolute Gasteiger partial charge is 0.508 e. The standard InChI is InChI=1S/C17H17ClN2O2/c1-10(12-3-6-14(21)7-4-12)15-9-13(18)5-8-16(15)20-17(22)11(2)19/h3-9,11,21H,1,19H2,2H3,(H,20,22). The molecule has 0 aliphatic rings. The zero-order chi connectivity index (χ0) is 16.3. The molecule has 4 N–H and O–H groups in total. The molecule has 4 nitrogen and oxygen atoms in total. The molecule has 22 heavy (non-hydrogen) atoms. The van der Waals surface area contributed by atoms with Gasteiger partial charge in [-0.05, 0) is 48.4 Å². The molecule has 0 bridgehead atoms. The summed E-state index contributed by atoms with van der Waals surface area (Å²) in [7, 11) is 0. The number of nitrogens with one attached hydrogen (secondary N) is 1. The van der Waals surface area contributed by atoms with E-state index >= 15 is 0 Å². The normalized spacial score (nSPS) is 11.8. The van der Waals surface area contributed by atoms with Gasteiger partial charge in [0.25, 0.3) is 0 Å². The molecule has 1 atom stereocenters. The summed E-state index contributed by atoms with van der Waals surface area (Å²) in [5, 5.41) is 12.7. The van der Waals surface area contributed by atoms with Crippen LogP contribution in [0.2, 0.25) is 5.02 Å². The number of anilines is 1. The van der Waals surface area contributed by atoms with Gasteiger partial charge in [-0.25, -0.2) is 0 Å². The Morgan fingerprint density at radius 1 is 1.27 bits per heavy atom. The van der Waals surface area contributed by atoms with Crippen LogP contribution in [0, 0.1) is 0 Å². The zero-order valence-electron chi connectivity index (χ0n) is 12.1. The SMILES string of the molecule is C=C(c1ccc(O)cc1)c1cc(Cl)ccc1NC(=O)C(C)N. The van der Waals surface area contributed by atoms with E-state index in [-0.39, 0.29) is 11.7 Å². The van der Waals surface area contributed by atoms with E-state index in [9.17, 15) is 9.90 Å². The van der Waals surface area contributed by atoms with Crippen LogP contribution in [0.25, 0.3) is 5.57 Å². The van der Waals surface area contributed by atoms with Crippen molar-refractivity contribution in [1.82, 2.24) is 0 Å². The van der Waals surface area contributed by atoms with Crippen molar-refractivity contribution in [3.63, 3.8) is 0 Å². The first-order chi connectivity index (χ1) is 10.4. The molecule has 0 saturated heterocycles. The Bertz CT molecular complexity index is 709. The van der Waals surface area contributed by atoms with Crippen LogP contribution in [0.5, 0.6) is 5.75 Å². The number of hydrogen-bond donors (Lipinski definition) is 3. The monoisotopic (exact) mass is 316 g/mol. The molecule has 114 valence electrons. The van der Waals surface area contributed by atoms with Gasteiger partial charge in [0.05, 0.1) is 6.04 Å². The van der Waals surface area contributed by atoms with E-state index < -0.39 is 6.04 Å². The van der Waals surface area contributed by atoms with Gasteiger partial charge in [0.2, 0.25) is 5.91 Å². The predicted octanol–water partition coefficient (Wildman–Crippen LogP) is 3.39. The van der Waals surface area contributed by atoms with Crippen LogP contribution in [0.15, 0.2) is 49.0 Å². The Balaban J connectivity index is 2.40. The highest BCUT2D eigenvalue weighted by molar-refractivity contribution is 6.31. The number of nitrogens with two attached hydrogens (primary N) is 1. The number of aromatic hydroxyl groups is 1. The molecule has 0 aromatic heterocycles. The Kier molecular flexibility index (Phi) is 4.85. The van der Waals surface area contributed by atoms with Gasteiger partial charge in [-0.2, -0.15) is 0 Å². The molecule has 1 amide bonds. The van der Waals surface area contributed by atoms with Crippen LogP contribution in [-0.4, -0.2) is 17.1 Å². The van der Waals surface area contributed by atoms with Gasteiger partial charge in [0, 0.05) is 16.3 Å². The highest BCUT2D eigenvalue weighted by Crippen LogP contribution is 2.31. The van der Waals surface area contributed by atoms with Crippen molar-refractivity contribution in [3.8, 4) is 5.75 Å². The summed E-state index contributed by atoms with van der Waals surface area (Å²) in [5.74, 6) is -0.116. The lowest BCUT2D eigenvalue weighted by molar-refractivity contribution is -0.117. The summed E-state index contributed by atoms with van der Waals surface area (Å²) in [6, 6.07) is 11.1. The fourth-order valence-corrected chi connectivity index (χ4v) is 2.11. The van der Waals surface area contributed by atoms with E-state index in [2.05, 4.69) is 11.9 Å². The third-order valence-corrected chi connectivity index (χ3v) is 3.43. The van der Waals surface area contributed by atoms with Gasteiger partial charge in [-0.1, -0.05) is 30.3 Å². The van der Waals surface area contributed by atoms with E-state index in [0.717, 1.165) is 5.56 Å². The van der Waals surface area contributed by atoms with E-state index in [1.54, 1.807) is 49.4 Å². The third kappa shape index (κ3) is 3.67. The number of carbonyl (C=O) groups is 1. The number of hydrogen-bond acceptors (Lipinski definition) is 3. The molecule has 0 heterocycles. The van der Waals surface area contributed by atoms with E-state index in [1.807, 2.05) is 0 Å². The summed E-state index contributed by atoms with van der Waals surface area (Å²) in [4.78, 5) is 11.8. The fourth-order valence-electron chi connectivity index (χ4n) is 1.94. The van der Waals surface area contributed by atoms with Crippen LogP contribution in [0.1, 0.15) is 18.1 Å². The van der Waals surface area contributed by atoms with Crippen molar-refractivity contribution >= 4 is 28.8 Å². The molecular weight excluding hydrogens is 300 g/mol. The molecule has 0 aliphatic heterocycles. The van der Waals surface area contributed by atoms with Crippen molar-refractivity contribution < 1.29 is 9.90 Å². The molecule has 2 aromatic carbocycles. The highest BCUT2D eigenvalue weighted by atomic mass is 35.5. The summed E-state index contributed by atoms with van der Waals surface area (Å²) >= 11 is 6.05. The van der Waals surface area contributed by atoms with Gasteiger partial charge in [-0.15, -0.1) is 0 Å². The number of benzene rings is 2. The average Bonchev–Trinajstić information content (AvgIpc) is 2.49. The van der Waals surface area contributed by atoms with Crippen molar-refractivity contribution in [3.05, 3.63) is 65.2 Å². The molecule has 2 rings (SSSR count). The Morgan fingerprint density at radius 2 is 1.91 bits per heavy atom. The van der Waals surface area contributed by atoms with Crippen LogP contribution in [-0.2, 0) is 4.79 Å². The molecule has 5 heteroatoms. The molecule has 0 saturated carbocycles. The number of amides is 1. The molecule has 1 unspecified atom stereocenters. The first-order valence-corrected chi connectivity index (χ1v) is 7.11. The van der Waals surface area contributed by atoms with Gasteiger partial charge in [0.1, 0.15) is 5.75 Å². The zero-order valence-corrected chi connectivity index (χ0v) is 12.9. The topological polar surface area (TPSA) is 75.3 Å². The Morgan fingerprint density at radius 3 is 2.50 bits per heavy atom. The Labute approximate surface area is 134 Å². The smallest absolute Gasteiger partial charge is 0.241 e.